The molecule has 0 atom stereocenters. The number of benzene rings is 3. The first kappa shape index (κ1) is 18.0. The van der Waals surface area contributed by atoms with E-state index in [1.165, 1.54) is 6.07 Å². The molecule has 0 radical (unpaired) electrons. The van der Waals surface area contributed by atoms with E-state index in [2.05, 4.69) is 10.6 Å². The first-order valence-corrected chi connectivity index (χ1v) is 8.24. The summed E-state index contributed by atoms with van der Waals surface area (Å²) in [5.74, 6) is -2.42. The summed E-state index contributed by atoms with van der Waals surface area (Å²) in [4.78, 5) is 23.3. The van der Waals surface area contributed by atoms with E-state index >= 15 is 0 Å². The number of nitrogens with one attached hydrogen (secondary N) is 2. The molecule has 27 heavy (non-hydrogen) atoms. The van der Waals surface area contributed by atoms with E-state index in [4.69, 9.17) is 0 Å². The number of para-hydroxylation sites is 1. The third kappa shape index (κ3) is 4.24. The Morgan fingerprint density at radius 1 is 0.704 bits per heavy atom. The van der Waals surface area contributed by atoms with E-state index in [1.54, 1.807) is 12.1 Å². The summed E-state index contributed by atoms with van der Waals surface area (Å²) in [6.07, 6.45) is 0. The molecule has 136 valence electrons. The first-order valence-electron chi connectivity index (χ1n) is 8.24. The van der Waals surface area contributed by atoms with Gasteiger partial charge in [-0.1, -0.05) is 35.9 Å². The molecule has 0 fully saturated rings. The number of carbonyl (C=O) groups is 2. The van der Waals surface area contributed by atoms with Crippen molar-refractivity contribution in [2.24, 2.45) is 0 Å². The van der Waals surface area contributed by atoms with Crippen LogP contribution >= 0.6 is 0 Å². The Balaban J connectivity index is 2.07. The quantitative estimate of drug-likeness (QED) is 0.499. The van der Waals surface area contributed by atoms with Gasteiger partial charge >= 0.3 is 11.9 Å². The number of carboxylic acid groups (broad SMARTS) is 2. The largest absolute Gasteiger partial charge is 0.478 e. The second kappa shape index (κ2) is 7.61. The fourth-order valence-corrected chi connectivity index (χ4v) is 2.63. The van der Waals surface area contributed by atoms with Crippen LogP contribution in [0.5, 0.6) is 0 Å². The van der Waals surface area contributed by atoms with Crippen molar-refractivity contribution < 1.29 is 19.8 Å². The maximum atomic E-state index is 11.7. The van der Waals surface area contributed by atoms with Crippen LogP contribution in [0.1, 0.15) is 26.3 Å². The summed E-state index contributed by atoms with van der Waals surface area (Å²) < 4.78 is 0. The predicted molar refractivity (Wildman–Crippen MR) is 105 cm³/mol. The lowest BCUT2D eigenvalue weighted by Gasteiger charge is -2.16. The minimum Gasteiger partial charge on any atom is -0.478 e. The molecule has 0 aliphatic heterocycles. The Morgan fingerprint density at radius 2 is 1.19 bits per heavy atom. The zero-order valence-electron chi connectivity index (χ0n) is 14.6. The number of carboxylic acids is 2. The summed E-state index contributed by atoms with van der Waals surface area (Å²) >= 11 is 0. The number of hydrogen-bond acceptors (Lipinski definition) is 4. The molecule has 0 saturated carbocycles. The topological polar surface area (TPSA) is 98.7 Å². The summed E-state index contributed by atoms with van der Waals surface area (Å²) in [5.41, 5.74) is 2.84. The molecule has 0 spiro atoms. The molecule has 6 nitrogen and oxygen atoms in total. The fraction of sp³-hybridized carbons (Fsp3) is 0.0476. The molecule has 6 heteroatoms. The van der Waals surface area contributed by atoms with Crippen LogP contribution in [0.15, 0.2) is 66.7 Å². The maximum absolute atomic E-state index is 11.7. The van der Waals surface area contributed by atoms with E-state index < -0.39 is 11.9 Å². The highest BCUT2D eigenvalue weighted by atomic mass is 16.4. The highest BCUT2D eigenvalue weighted by Crippen LogP contribution is 2.30. The van der Waals surface area contributed by atoms with Gasteiger partial charge in [0, 0.05) is 11.4 Å². The van der Waals surface area contributed by atoms with E-state index in [1.807, 2.05) is 49.4 Å². The Kier molecular flexibility index (Phi) is 5.08. The molecule has 0 saturated heterocycles. The summed E-state index contributed by atoms with van der Waals surface area (Å²) in [7, 11) is 0. The molecule has 4 N–H and O–H groups in total. The Morgan fingerprint density at radius 3 is 1.67 bits per heavy atom. The zero-order valence-corrected chi connectivity index (χ0v) is 14.6. The molecule has 3 aromatic rings. The second-order valence-corrected chi connectivity index (χ2v) is 6.04. The first-order chi connectivity index (χ1) is 12.9. The number of hydrogen-bond donors (Lipinski definition) is 4. The van der Waals surface area contributed by atoms with Crippen molar-refractivity contribution in [3.8, 4) is 0 Å². The number of anilines is 4. The van der Waals surface area contributed by atoms with Crippen molar-refractivity contribution in [2.45, 2.75) is 6.92 Å². The van der Waals surface area contributed by atoms with Gasteiger partial charge in [-0.15, -0.1) is 0 Å². The van der Waals surface area contributed by atoms with Crippen LogP contribution in [0.3, 0.4) is 0 Å². The van der Waals surface area contributed by atoms with Gasteiger partial charge in [-0.3, -0.25) is 0 Å². The lowest BCUT2D eigenvalue weighted by molar-refractivity contribution is 0.0696. The summed E-state index contributed by atoms with van der Waals surface area (Å²) in [6, 6.07) is 19.2. The van der Waals surface area contributed by atoms with E-state index in [-0.39, 0.29) is 11.1 Å². The lowest BCUT2D eigenvalue weighted by Crippen LogP contribution is -2.09. The second-order valence-electron chi connectivity index (χ2n) is 6.04. The lowest BCUT2D eigenvalue weighted by atomic mass is 10.0. The van der Waals surface area contributed by atoms with Gasteiger partial charge in [-0.25, -0.2) is 9.59 Å². The number of aryl methyl sites for hydroxylation is 1. The van der Waals surface area contributed by atoms with Crippen LogP contribution < -0.4 is 10.6 Å². The van der Waals surface area contributed by atoms with Crippen LogP contribution in [-0.4, -0.2) is 22.2 Å². The van der Waals surface area contributed by atoms with Crippen LogP contribution in [0.25, 0.3) is 0 Å². The number of rotatable bonds is 6. The Bertz CT molecular complexity index is 983. The predicted octanol–water partition coefficient (Wildman–Crippen LogP) is 4.88. The molecule has 0 aliphatic rings. The summed E-state index contributed by atoms with van der Waals surface area (Å²) in [6.45, 7) is 1.95. The maximum Gasteiger partial charge on any atom is 0.337 e. The van der Waals surface area contributed by atoms with Gasteiger partial charge < -0.3 is 20.8 Å². The van der Waals surface area contributed by atoms with E-state index in [0.717, 1.165) is 11.6 Å². The molecule has 0 bridgehead atoms. The van der Waals surface area contributed by atoms with Crippen molar-refractivity contribution in [3.63, 3.8) is 0 Å². The zero-order chi connectivity index (χ0) is 19.4. The summed E-state index contributed by atoms with van der Waals surface area (Å²) in [5, 5.41) is 25.1. The van der Waals surface area contributed by atoms with Gasteiger partial charge in [0.05, 0.1) is 22.5 Å². The van der Waals surface area contributed by atoms with Gasteiger partial charge in [-0.2, -0.15) is 0 Å². The van der Waals surface area contributed by atoms with Crippen LogP contribution in [0.4, 0.5) is 22.7 Å². The van der Waals surface area contributed by atoms with Crippen molar-refractivity contribution >= 4 is 34.7 Å². The minimum absolute atomic E-state index is 0.119. The molecule has 0 amide bonds. The third-order valence-corrected chi connectivity index (χ3v) is 4.00. The van der Waals surface area contributed by atoms with Gasteiger partial charge in [-0.05, 0) is 43.3 Å². The molecule has 0 aromatic heterocycles. The normalized spacial score (nSPS) is 10.3. The highest BCUT2D eigenvalue weighted by molar-refractivity contribution is 6.03. The van der Waals surface area contributed by atoms with Gasteiger partial charge in [0.1, 0.15) is 0 Å². The standard InChI is InChI=1S/C21H18N2O4/c1-13-7-9-15(10-8-13)23-19-12-18(22-14-5-3-2-4-6-14)16(20(24)25)11-17(19)21(26)27/h2-12,22-23H,1H3,(H,24,25)(H,26,27). The van der Waals surface area contributed by atoms with Gasteiger partial charge in [0.15, 0.2) is 0 Å². The average molecular weight is 362 g/mol. The Hall–Kier alpha value is -3.80. The van der Waals surface area contributed by atoms with Crippen LogP contribution in [0, 0.1) is 6.92 Å². The SMILES string of the molecule is Cc1ccc(Nc2cc(Nc3ccccc3)c(C(=O)O)cc2C(=O)O)cc1. The van der Waals surface area contributed by atoms with Crippen molar-refractivity contribution in [2.75, 3.05) is 10.6 Å². The smallest absolute Gasteiger partial charge is 0.337 e. The van der Waals surface area contributed by atoms with Gasteiger partial charge in [0.2, 0.25) is 0 Å². The molecule has 3 aromatic carbocycles. The fourth-order valence-electron chi connectivity index (χ4n) is 2.63. The molecular formula is C21H18N2O4. The molecule has 0 aliphatic carbocycles. The monoisotopic (exact) mass is 362 g/mol. The Labute approximate surface area is 156 Å². The number of aromatic carboxylic acids is 2. The molecule has 3 rings (SSSR count). The molecule has 0 heterocycles. The van der Waals surface area contributed by atoms with Crippen molar-refractivity contribution in [1.82, 2.24) is 0 Å². The van der Waals surface area contributed by atoms with Crippen LogP contribution in [0.2, 0.25) is 0 Å². The third-order valence-electron chi connectivity index (χ3n) is 4.00. The minimum atomic E-state index is -1.21. The average Bonchev–Trinajstić information content (AvgIpc) is 2.64. The van der Waals surface area contributed by atoms with Crippen molar-refractivity contribution in [3.05, 3.63) is 83.4 Å². The van der Waals surface area contributed by atoms with Gasteiger partial charge in [0.25, 0.3) is 0 Å². The molecular weight excluding hydrogens is 344 g/mol. The van der Waals surface area contributed by atoms with Crippen LogP contribution in [-0.2, 0) is 0 Å². The molecule has 0 unspecified atom stereocenters. The van der Waals surface area contributed by atoms with E-state index in [9.17, 15) is 19.8 Å². The van der Waals surface area contributed by atoms with E-state index in [0.29, 0.717) is 22.7 Å². The highest BCUT2D eigenvalue weighted by Gasteiger charge is 2.19. The van der Waals surface area contributed by atoms with Crippen molar-refractivity contribution in [1.29, 1.82) is 0 Å².